The average Bonchev–Trinajstić information content (AvgIpc) is 3.31. The zero-order chi connectivity index (χ0) is 26.3. The van der Waals surface area contributed by atoms with Gasteiger partial charge in [-0.3, -0.25) is 14.3 Å². The number of sulfonamides is 1. The summed E-state index contributed by atoms with van der Waals surface area (Å²) >= 11 is 1.56. The van der Waals surface area contributed by atoms with Gasteiger partial charge in [0.2, 0.25) is 11.6 Å². The van der Waals surface area contributed by atoms with Gasteiger partial charge in [-0.05, 0) is 62.7 Å². The standard InChI is InChI=1S/C28H25N3O4S2/c1-4-31(5-2)24-25(32)20-8-6-7-9-21(20)26(33)27(24)37(34,35)30-19-13-11-18(12-14-19)28-29-22-15-10-17(3)16-23(22)36-28/h6-16,30H,4-5H2,1-3H3. The van der Waals surface area contributed by atoms with Gasteiger partial charge in [0.1, 0.15) is 10.7 Å². The number of benzene rings is 3. The number of carbonyl (C=O) groups is 2. The van der Waals surface area contributed by atoms with E-state index in [1.54, 1.807) is 58.7 Å². The molecule has 1 heterocycles. The minimum Gasteiger partial charge on any atom is -0.368 e. The van der Waals surface area contributed by atoms with Crippen LogP contribution in [0, 0.1) is 6.92 Å². The van der Waals surface area contributed by atoms with Crippen molar-refractivity contribution >= 4 is 48.8 Å². The molecule has 0 aliphatic heterocycles. The number of aryl methyl sites for hydroxylation is 1. The molecule has 0 radical (unpaired) electrons. The van der Waals surface area contributed by atoms with Crippen molar-refractivity contribution in [2.45, 2.75) is 20.8 Å². The van der Waals surface area contributed by atoms with Gasteiger partial charge in [0.25, 0.3) is 10.0 Å². The fourth-order valence-electron chi connectivity index (χ4n) is 4.46. The van der Waals surface area contributed by atoms with Crippen LogP contribution in [-0.2, 0) is 10.0 Å². The molecule has 5 rings (SSSR count). The van der Waals surface area contributed by atoms with Crippen molar-refractivity contribution in [3.8, 4) is 10.6 Å². The summed E-state index contributed by atoms with van der Waals surface area (Å²) in [6.45, 7) is 6.41. The van der Waals surface area contributed by atoms with E-state index in [1.807, 2.05) is 32.9 Å². The number of anilines is 1. The van der Waals surface area contributed by atoms with Gasteiger partial charge in [0.15, 0.2) is 4.91 Å². The number of carbonyl (C=O) groups excluding carboxylic acids is 2. The van der Waals surface area contributed by atoms with Gasteiger partial charge >= 0.3 is 0 Å². The Bertz CT molecular complexity index is 1680. The van der Waals surface area contributed by atoms with E-state index < -0.39 is 26.5 Å². The third-order valence-electron chi connectivity index (χ3n) is 6.33. The number of likely N-dealkylation sites (N-methyl/N-ethyl adjacent to an activating group) is 1. The third kappa shape index (κ3) is 4.45. The summed E-state index contributed by atoms with van der Waals surface area (Å²) in [6.07, 6.45) is 0. The topological polar surface area (TPSA) is 96.4 Å². The molecule has 7 nitrogen and oxygen atoms in total. The number of rotatable bonds is 7. The summed E-state index contributed by atoms with van der Waals surface area (Å²) in [7, 11) is -4.37. The first kappa shape index (κ1) is 24.9. The monoisotopic (exact) mass is 531 g/mol. The van der Waals surface area contributed by atoms with E-state index in [0.717, 1.165) is 26.4 Å². The smallest absolute Gasteiger partial charge is 0.268 e. The number of thiazole rings is 1. The van der Waals surface area contributed by atoms with Crippen LogP contribution >= 0.6 is 11.3 Å². The van der Waals surface area contributed by atoms with E-state index in [0.29, 0.717) is 13.1 Å². The Morgan fingerprint density at radius 3 is 2.19 bits per heavy atom. The highest BCUT2D eigenvalue weighted by Gasteiger charge is 2.41. The molecule has 188 valence electrons. The molecule has 0 saturated heterocycles. The van der Waals surface area contributed by atoms with Crippen LogP contribution in [0.3, 0.4) is 0 Å². The van der Waals surface area contributed by atoms with Crippen molar-refractivity contribution in [3.63, 3.8) is 0 Å². The van der Waals surface area contributed by atoms with Crippen LogP contribution in [0.2, 0.25) is 0 Å². The molecule has 0 bridgehead atoms. The number of Topliss-reactive ketones (excluding diaryl/α,β-unsaturated/α-hetero) is 2. The molecule has 3 aromatic carbocycles. The quantitative estimate of drug-likeness (QED) is 0.331. The molecule has 1 N–H and O–H groups in total. The van der Waals surface area contributed by atoms with Crippen LogP contribution in [0.15, 0.2) is 77.3 Å². The van der Waals surface area contributed by atoms with Gasteiger partial charge < -0.3 is 4.90 Å². The van der Waals surface area contributed by atoms with Gasteiger partial charge in [-0.1, -0.05) is 30.3 Å². The Morgan fingerprint density at radius 1 is 0.892 bits per heavy atom. The lowest BCUT2D eigenvalue weighted by atomic mass is 9.92. The minimum atomic E-state index is -4.37. The van der Waals surface area contributed by atoms with E-state index in [1.165, 1.54) is 6.07 Å². The molecular formula is C28H25N3O4S2. The summed E-state index contributed by atoms with van der Waals surface area (Å²) in [5.41, 5.74) is 3.40. The summed E-state index contributed by atoms with van der Waals surface area (Å²) in [5.74, 6) is -1.16. The fraction of sp³-hybridized carbons (Fsp3) is 0.179. The maximum absolute atomic E-state index is 13.6. The van der Waals surface area contributed by atoms with Crippen LogP contribution in [0.5, 0.6) is 0 Å². The molecule has 0 atom stereocenters. The van der Waals surface area contributed by atoms with Crippen molar-refractivity contribution in [3.05, 3.63) is 94.0 Å². The molecule has 0 spiro atoms. The number of hydrogen-bond donors (Lipinski definition) is 1. The maximum Gasteiger partial charge on any atom is 0.268 e. The molecule has 0 saturated carbocycles. The maximum atomic E-state index is 13.6. The second-order valence-corrected chi connectivity index (χ2v) is 11.4. The molecule has 1 aliphatic carbocycles. The molecule has 1 aromatic heterocycles. The number of hydrogen-bond acceptors (Lipinski definition) is 7. The Hall–Kier alpha value is -3.82. The van der Waals surface area contributed by atoms with E-state index in [-0.39, 0.29) is 22.5 Å². The van der Waals surface area contributed by atoms with Crippen LogP contribution in [0.4, 0.5) is 5.69 Å². The Morgan fingerprint density at radius 2 is 1.54 bits per heavy atom. The van der Waals surface area contributed by atoms with Crippen LogP contribution in [0.1, 0.15) is 40.1 Å². The molecule has 0 fully saturated rings. The predicted octanol–water partition coefficient (Wildman–Crippen LogP) is 5.65. The van der Waals surface area contributed by atoms with Crippen molar-refractivity contribution in [1.29, 1.82) is 0 Å². The number of nitrogens with one attached hydrogen (secondary N) is 1. The van der Waals surface area contributed by atoms with Crippen LogP contribution < -0.4 is 4.72 Å². The van der Waals surface area contributed by atoms with Gasteiger partial charge in [0.05, 0.1) is 10.2 Å². The summed E-state index contributed by atoms with van der Waals surface area (Å²) < 4.78 is 30.8. The molecule has 0 amide bonds. The molecule has 4 aromatic rings. The molecule has 9 heteroatoms. The van der Waals surface area contributed by atoms with E-state index >= 15 is 0 Å². The normalized spacial score (nSPS) is 13.7. The van der Waals surface area contributed by atoms with Crippen molar-refractivity contribution in [1.82, 2.24) is 9.88 Å². The van der Waals surface area contributed by atoms with Gasteiger partial charge in [0, 0.05) is 35.5 Å². The van der Waals surface area contributed by atoms with Crippen molar-refractivity contribution < 1.29 is 18.0 Å². The van der Waals surface area contributed by atoms with Crippen LogP contribution in [0.25, 0.3) is 20.8 Å². The first-order valence-electron chi connectivity index (χ1n) is 11.9. The zero-order valence-corrected chi connectivity index (χ0v) is 22.2. The second-order valence-electron chi connectivity index (χ2n) is 8.73. The molecule has 1 aliphatic rings. The fourth-order valence-corrected chi connectivity index (χ4v) is 6.91. The Labute approximate surface area is 219 Å². The van der Waals surface area contributed by atoms with Crippen molar-refractivity contribution in [2.24, 2.45) is 0 Å². The third-order valence-corrected chi connectivity index (χ3v) is 8.82. The van der Waals surface area contributed by atoms with E-state index in [2.05, 4.69) is 15.8 Å². The summed E-state index contributed by atoms with van der Waals surface area (Å²) in [6, 6.07) is 19.2. The van der Waals surface area contributed by atoms with Gasteiger partial charge in [-0.2, -0.15) is 0 Å². The predicted molar refractivity (Wildman–Crippen MR) is 147 cm³/mol. The Kier molecular flexibility index (Phi) is 6.43. The number of ketones is 2. The first-order valence-corrected chi connectivity index (χ1v) is 14.2. The van der Waals surface area contributed by atoms with Gasteiger partial charge in [-0.25, -0.2) is 13.4 Å². The minimum absolute atomic E-state index is 0.0881. The van der Waals surface area contributed by atoms with Gasteiger partial charge in [-0.15, -0.1) is 11.3 Å². The summed E-state index contributed by atoms with van der Waals surface area (Å²) in [5, 5.41) is 0.825. The first-order chi connectivity index (χ1) is 17.7. The Balaban J connectivity index is 1.51. The largest absolute Gasteiger partial charge is 0.368 e. The van der Waals surface area contributed by atoms with E-state index in [4.69, 9.17) is 0 Å². The highest BCUT2D eigenvalue weighted by molar-refractivity contribution is 7.97. The lowest BCUT2D eigenvalue weighted by Gasteiger charge is -2.29. The molecular weight excluding hydrogens is 506 g/mol. The zero-order valence-electron chi connectivity index (χ0n) is 20.6. The molecule has 0 unspecified atom stereocenters. The lowest BCUT2D eigenvalue weighted by molar-refractivity contribution is 0.0949. The highest BCUT2D eigenvalue weighted by Crippen LogP contribution is 2.34. The lowest BCUT2D eigenvalue weighted by Crippen LogP contribution is -2.37. The SMILES string of the molecule is CCN(CC)C1=C(S(=O)(=O)Nc2ccc(-c3nc4ccc(C)cc4s3)cc2)C(=O)c2ccccc2C1=O. The number of fused-ring (bicyclic) bond motifs is 2. The van der Waals surface area contributed by atoms with Crippen LogP contribution in [-0.4, -0.2) is 43.0 Å². The number of nitrogens with zero attached hydrogens (tertiary/aromatic N) is 2. The second kappa shape index (κ2) is 9.57. The van der Waals surface area contributed by atoms with Crippen molar-refractivity contribution in [2.75, 3.05) is 17.8 Å². The van der Waals surface area contributed by atoms with E-state index in [9.17, 15) is 18.0 Å². The number of aromatic nitrogens is 1. The molecule has 37 heavy (non-hydrogen) atoms. The highest BCUT2D eigenvalue weighted by atomic mass is 32.2. The average molecular weight is 532 g/mol. The number of allylic oxidation sites excluding steroid dienone is 2. The summed E-state index contributed by atoms with van der Waals surface area (Å²) in [4.78, 5) is 32.6.